The van der Waals surface area contributed by atoms with E-state index in [9.17, 15) is 0 Å². The van der Waals surface area contributed by atoms with Gasteiger partial charge < -0.3 is 10.6 Å². The van der Waals surface area contributed by atoms with Crippen molar-refractivity contribution in [1.82, 2.24) is 5.32 Å². The molecule has 22 heavy (non-hydrogen) atoms. The summed E-state index contributed by atoms with van der Waals surface area (Å²) in [5, 5.41) is 8.36. The van der Waals surface area contributed by atoms with E-state index < -0.39 is 0 Å². The summed E-state index contributed by atoms with van der Waals surface area (Å²) in [6.45, 7) is 5.25. The van der Waals surface area contributed by atoms with Crippen LogP contribution in [0, 0.1) is 0 Å². The predicted molar refractivity (Wildman–Crippen MR) is 96.3 cm³/mol. The van der Waals surface area contributed by atoms with E-state index in [2.05, 4.69) is 35.8 Å². The van der Waals surface area contributed by atoms with Crippen molar-refractivity contribution in [2.24, 2.45) is 0 Å². The van der Waals surface area contributed by atoms with Gasteiger partial charge in [-0.1, -0.05) is 42.3 Å². The van der Waals surface area contributed by atoms with Crippen LogP contribution in [0.1, 0.15) is 24.8 Å². The number of halogens is 2. The summed E-state index contributed by atoms with van der Waals surface area (Å²) in [4.78, 5) is 0. The Bertz CT molecular complexity index is 670. The average molecular weight is 335 g/mol. The molecule has 2 N–H and O–H groups in total. The van der Waals surface area contributed by atoms with Gasteiger partial charge in [0.05, 0.1) is 0 Å². The van der Waals surface area contributed by atoms with E-state index in [0.29, 0.717) is 16.0 Å². The second-order valence-corrected chi connectivity index (χ2v) is 6.55. The summed E-state index contributed by atoms with van der Waals surface area (Å²) in [6, 6.07) is 12.2. The van der Waals surface area contributed by atoms with Crippen molar-refractivity contribution >= 4 is 28.9 Å². The first-order chi connectivity index (χ1) is 10.7. The molecule has 116 valence electrons. The van der Waals surface area contributed by atoms with Gasteiger partial charge in [0.2, 0.25) is 0 Å². The van der Waals surface area contributed by atoms with Crippen LogP contribution in [0.5, 0.6) is 0 Å². The molecule has 1 heterocycles. The van der Waals surface area contributed by atoms with Crippen LogP contribution >= 0.6 is 23.2 Å². The summed E-state index contributed by atoms with van der Waals surface area (Å²) >= 11 is 12.3. The van der Waals surface area contributed by atoms with Crippen LogP contribution in [0.3, 0.4) is 0 Å². The molecule has 0 aliphatic carbocycles. The fraction of sp³-hybridized carbons (Fsp3) is 0.333. The van der Waals surface area contributed by atoms with E-state index in [1.807, 2.05) is 12.1 Å². The smallest absolute Gasteiger partial charge is 0.0499 e. The lowest BCUT2D eigenvalue weighted by Crippen LogP contribution is -2.23. The van der Waals surface area contributed by atoms with Gasteiger partial charge in [0, 0.05) is 40.3 Å². The molecule has 0 unspecified atom stereocenters. The molecule has 2 aromatic rings. The number of nitrogens with one attached hydrogen (secondary N) is 2. The van der Waals surface area contributed by atoms with Gasteiger partial charge in [-0.2, -0.15) is 0 Å². The monoisotopic (exact) mass is 334 g/mol. The summed E-state index contributed by atoms with van der Waals surface area (Å²) in [6.07, 6.45) is 1.16. The van der Waals surface area contributed by atoms with Crippen LogP contribution in [0.2, 0.25) is 10.0 Å². The molecule has 0 saturated carbocycles. The van der Waals surface area contributed by atoms with Crippen LogP contribution in [0.15, 0.2) is 36.4 Å². The van der Waals surface area contributed by atoms with Crippen molar-refractivity contribution in [3.8, 4) is 11.1 Å². The van der Waals surface area contributed by atoms with Gasteiger partial charge in [-0.15, -0.1) is 0 Å². The Morgan fingerprint density at radius 2 is 2.05 bits per heavy atom. The highest BCUT2D eigenvalue weighted by Gasteiger charge is 2.22. The molecule has 2 aromatic carbocycles. The molecule has 0 radical (unpaired) electrons. The first-order valence-electron chi connectivity index (χ1n) is 7.73. The molecule has 0 spiro atoms. The maximum absolute atomic E-state index is 6.34. The normalized spacial score (nSPS) is 16.4. The van der Waals surface area contributed by atoms with Gasteiger partial charge in [0.1, 0.15) is 0 Å². The van der Waals surface area contributed by atoms with E-state index in [-0.39, 0.29) is 0 Å². The highest BCUT2D eigenvalue weighted by molar-refractivity contribution is 6.36. The molecular formula is C18H20Cl2N2. The molecule has 0 aromatic heterocycles. The zero-order chi connectivity index (χ0) is 15.5. The number of fused-ring (bicyclic) bond motifs is 1. The van der Waals surface area contributed by atoms with Crippen molar-refractivity contribution in [2.45, 2.75) is 19.3 Å². The van der Waals surface area contributed by atoms with Crippen LogP contribution in [0.25, 0.3) is 11.1 Å². The lowest BCUT2D eigenvalue weighted by Gasteiger charge is -2.13. The van der Waals surface area contributed by atoms with Crippen molar-refractivity contribution in [3.63, 3.8) is 0 Å². The zero-order valence-electron chi connectivity index (χ0n) is 12.6. The van der Waals surface area contributed by atoms with E-state index in [0.717, 1.165) is 37.2 Å². The summed E-state index contributed by atoms with van der Waals surface area (Å²) in [5.74, 6) is 0.507. The Hall–Kier alpha value is -1.22. The number of hydrogen-bond donors (Lipinski definition) is 2. The molecule has 3 rings (SSSR count). The fourth-order valence-electron chi connectivity index (χ4n) is 2.93. The molecular weight excluding hydrogens is 315 g/mol. The van der Waals surface area contributed by atoms with Crippen LogP contribution in [-0.2, 0) is 0 Å². The van der Waals surface area contributed by atoms with Crippen molar-refractivity contribution in [1.29, 1.82) is 0 Å². The fourth-order valence-corrected chi connectivity index (χ4v) is 3.45. The lowest BCUT2D eigenvalue weighted by atomic mass is 9.96. The van der Waals surface area contributed by atoms with Gasteiger partial charge >= 0.3 is 0 Å². The third-order valence-electron chi connectivity index (χ3n) is 4.09. The van der Waals surface area contributed by atoms with Gasteiger partial charge in [-0.3, -0.25) is 0 Å². The lowest BCUT2D eigenvalue weighted by molar-refractivity contribution is 0.607. The van der Waals surface area contributed by atoms with Gasteiger partial charge in [-0.05, 0) is 48.4 Å². The van der Waals surface area contributed by atoms with Crippen LogP contribution < -0.4 is 10.6 Å². The van der Waals surface area contributed by atoms with E-state index in [4.69, 9.17) is 23.2 Å². The molecule has 0 fully saturated rings. The number of anilines is 1. The second kappa shape index (κ2) is 6.91. The van der Waals surface area contributed by atoms with Gasteiger partial charge in [0.15, 0.2) is 0 Å². The SMILES string of the molecule is CCCNC[C@@H]1CNc2ccc(-c3ccc(Cl)cc3Cl)cc21. The number of rotatable bonds is 5. The molecule has 1 aliphatic rings. The summed E-state index contributed by atoms with van der Waals surface area (Å²) in [5.41, 5.74) is 4.77. The Kier molecular flexibility index (Phi) is 4.92. The van der Waals surface area contributed by atoms with Crippen LogP contribution in [-0.4, -0.2) is 19.6 Å². The van der Waals surface area contributed by atoms with Crippen molar-refractivity contribution in [2.75, 3.05) is 25.0 Å². The molecule has 0 amide bonds. The molecule has 4 heteroatoms. The minimum atomic E-state index is 0.507. The molecule has 2 nitrogen and oxygen atoms in total. The zero-order valence-corrected chi connectivity index (χ0v) is 14.1. The first-order valence-corrected chi connectivity index (χ1v) is 8.48. The van der Waals surface area contributed by atoms with Gasteiger partial charge in [-0.25, -0.2) is 0 Å². The van der Waals surface area contributed by atoms with E-state index in [1.54, 1.807) is 6.07 Å². The highest BCUT2D eigenvalue weighted by Crippen LogP contribution is 2.37. The minimum absolute atomic E-state index is 0.507. The van der Waals surface area contributed by atoms with E-state index in [1.165, 1.54) is 11.3 Å². The Balaban J connectivity index is 1.88. The maximum Gasteiger partial charge on any atom is 0.0499 e. The minimum Gasteiger partial charge on any atom is -0.384 e. The van der Waals surface area contributed by atoms with E-state index >= 15 is 0 Å². The quantitative estimate of drug-likeness (QED) is 0.737. The molecule has 0 bridgehead atoms. The highest BCUT2D eigenvalue weighted by atomic mass is 35.5. The third kappa shape index (κ3) is 3.24. The standard InChI is InChI=1S/C18H20Cl2N2/c1-2-7-21-10-13-11-22-18-6-3-12(8-16(13)18)15-5-4-14(19)9-17(15)20/h3-6,8-9,13,21-22H,2,7,10-11H2,1H3/t13-/m1/s1. The predicted octanol–water partition coefficient (Wildman–Crippen LogP) is 5.17. The summed E-state index contributed by atoms with van der Waals surface area (Å²) < 4.78 is 0. The summed E-state index contributed by atoms with van der Waals surface area (Å²) in [7, 11) is 0. The van der Waals surface area contributed by atoms with Crippen molar-refractivity contribution < 1.29 is 0 Å². The maximum atomic E-state index is 6.34. The number of benzene rings is 2. The topological polar surface area (TPSA) is 24.1 Å². The largest absolute Gasteiger partial charge is 0.384 e. The van der Waals surface area contributed by atoms with Gasteiger partial charge in [0.25, 0.3) is 0 Å². The molecule has 1 aliphatic heterocycles. The second-order valence-electron chi connectivity index (χ2n) is 5.71. The molecule has 1 atom stereocenters. The van der Waals surface area contributed by atoms with Crippen LogP contribution in [0.4, 0.5) is 5.69 Å². The number of hydrogen-bond acceptors (Lipinski definition) is 2. The Morgan fingerprint density at radius 3 is 2.82 bits per heavy atom. The Morgan fingerprint density at radius 1 is 1.18 bits per heavy atom. The Labute approximate surface area is 141 Å². The first kappa shape index (κ1) is 15.7. The average Bonchev–Trinajstić information content (AvgIpc) is 2.90. The molecule has 0 saturated heterocycles. The third-order valence-corrected chi connectivity index (χ3v) is 4.64. The van der Waals surface area contributed by atoms with Crippen molar-refractivity contribution in [3.05, 3.63) is 52.0 Å².